The normalized spacial score (nSPS) is 21.0. The molecular weight excluding hydrogens is 276 g/mol. The van der Waals surface area contributed by atoms with Gasteiger partial charge in [0, 0.05) is 4.47 Å². The Morgan fingerprint density at radius 2 is 1.93 bits per heavy atom. The summed E-state index contributed by atoms with van der Waals surface area (Å²) in [6, 6.07) is 7.72. The third-order valence-electron chi connectivity index (χ3n) is 2.38. The highest BCUT2D eigenvalue weighted by atomic mass is 79.9. The van der Waals surface area contributed by atoms with Crippen LogP contribution in [0.1, 0.15) is 5.56 Å². The van der Waals surface area contributed by atoms with Crippen molar-refractivity contribution in [1.29, 1.82) is 0 Å². The molecule has 4 heteroatoms. The Labute approximate surface area is 101 Å². The first-order valence-electron chi connectivity index (χ1n) is 4.60. The molecule has 1 heterocycles. The van der Waals surface area contributed by atoms with Crippen molar-refractivity contribution in [2.45, 2.75) is 6.42 Å². The average molecular weight is 285 g/mol. The maximum Gasteiger partial charge on any atom is 0.200 e. The van der Waals surface area contributed by atoms with Crippen LogP contribution in [-0.2, 0) is 16.0 Å². The van der Waals surface area contributed by atoms with Crippen LogP contribution in [0.15, 0.2) is 28.7 Å². The van der Waals surface area contributed by atoms with Crippen molar-refractivity contribution in [3.05, 3.63) is 34.3 Å². The van der Waals surface area contributed by atoms with Crippen LogP contribution >= 0.6 is 27.7 Å². The minimum absolute atomic E-state index is 0.0166. The summed E-state index contributed by atoms with van der Waals surface area (Å²) < 4.78 is 1.00. The number of halogens is 1. The topological polar surface area (TPSA) is 34.1 Å². The van der Waals surface area contributed by atoms with Gasteiger partial charge in [0.25, 0.3) is 0 Å². The van der Waals surface area contributed by atoms with E-state index in [4.69, 9.17) is 0 Å². The number of Topliss-reactive ketones (excluding diaryl/α,β-unsaturated/α-hetero) is 1. The van der Waals surface area contributed by atoms with E-state index in [1.807, 2.05) is 24.3 Å². The van der Waals surface area contributed by atoms with Crippen LogP contribution < -0.4 is 0 Å². The van der Waals surface area contributed by atoms with Gasteiger partial charge in [-0.1, -0.05) is 39.8 Å². The largest absolute Gasteiger partial charge is 0.298 e. The van der Waals surface area contributed by atoms with Gasteiger partial charge < -0.3 is 0 Å². The number of carbonyl (C=O) groups is 2. The number of rotatable bonds is 2. The maximum absolute atomic E-state index is 11.4. The molecule has 1 fully saturated rings. The predicted octanol–water partition coefficient (Wildman–Crippen LogP) is 2.45. The van der Waals surface area contributed by atoms with E-state index in [1.165, 1.54) is 0 Å². The highest BCUT2D eigenvalue weighted by Gasteiger charge is 2.33. The Bertz CT molecular complexity index is 384. The summed E-state index contributed by atoms with van der Waals surface area (Å²) in [5, 5.41) is 0.0166. The molecule has 0 amide bonds. The first-order valence-corrected chi connectivity index (χ1v) is 6.38. The Morgan fingerprint density at radius 1 is 1.27 bits per heavy atom. The van der Waals surface area contributed by atoms with Crippen LogP contribution in [0, 0.1) is 5.92 Å². The van der Waals surface area contributed by atoms with E-state index >= 15 is 0 Å². The second-order valence-corrected chi connectivity index (χ2v) is 5.35. The fourth-order valence-electron chi connectivity index (χ4n) is 1.53. The van der Waals surface area contributed by atoms with Crippen molar-refractivity contribution in [3.63, 3.8) is 0 Å². The predicted molar refractivity (Wildman–Crippen MR) is 63.8 cm³/mol. The highest BCUT2D eigenvalue weighted by molar-refractivity contribution is 9.10. The average Bonchev–Trinajstić information content (AvgIpc) is 2.53. The van der Waals surface area contributed by atoms with Crippen molar-refractivity contribution in [2.24, 2.45) is 5.92 Å². The quantitative estimate of drug-likeness (QED) is 0.783. The van der Waals surface area contributed by atoms with Crippen molar-refractivity contribution in [3.8, 4) is 0 Å². The Morgan fingerprint density at radius 3 is 2.47 bits per heavy atom. The van der Waals surface area contributed by atoms with E-state index in [9.17, 15) is 9.59 Å². The maximum atomic E-state index is 11.4. The van der Waals surface area contributed by atoms with E-state index in [1.54, 1.807) is 0 Å². The van der Waals surface area contributed by atoms with Crippen LogP contribution in [-0.4, -0.2) is 16.7 Å². The standard InChI is InChI=1S/C11H9BrO2S/c12-8-3-1-7(2-4-8)5-9-10(13)6-15-11(9)14/h1-4,9H,5-6H2. The molecule has 1 unspecified atom stereocenters. The fourth-order valence-corrected chi connectivity index (χ4v) is 2.69. The first kappa shape index (κ1) is 10.9. The lowest BCUT2D eigenvalue weighted by atomic mass is 9.97. The molecule has 0 aliphatic carbocycles. The van der Waals surface area contributed by atoms with Crippen molar-refractivity contribution >= 4 is 38.6 Å². The molecule has 1 atom stereocenters. The van der Waals surface area contributed by atoms with Crippen LogP contribution in [0.5, 0.6) is 0 Å². The molecule has 0 N–H and O–H groups in total. The van der Waals surface area contributed by atoms with Crippen LogP contribution in [0.2, 0.25) is 0 Å². The van der Waals surface area contributed by atoms with Gasteiger partial charge in [0.05, 0.1) is 11.7 Å². The molecule has 2 rings (SSSR count). The van der Waals surface area contributed by atoms with Gasteiger partial charge in [-0.15, -0.1) is 0 Å². The third-order valence-corrected chi connectivity index (χ3v) is 3.91. The minimum atomic E-state index is -0.420. The smallest absolute Gasteiger partial charge is 0.200 e. The number of hydrogen-bond donors (Lipinski definition) is 0. The van der Waals surface area contributed by atoms with Gasteiger partial charge >= 0.3 is 0 Å². The van der Waals surface area contributed by atoms with Crippen LogP contribution in [0.3, 0.4) is 0 Å². The molecule has 0 radical (unpaired) electrons. The highest BCUT2D eigenvalue weighted by Crippen LogP contribution is 2.26. The summed E-state index contributed by atoms with van der Waals surface area (Å²) in [5.74, 6) is -0.0101. The van der Waals surface area contributed by atoms with Crippen molar-refractivity contribution < 1.29 is 9.59 Å². The molecule has 1 aliphatic rings. The zero-order valence-electron chi connectivity index (χ0n) is 7.90. The van der Waals surface area contributed by atoms with E-state index in [0.29, 0.717) is 12.2 Å². The van der Waals surface area contributed by atoms with Gasteiger partial charge in [-0.25, -0.2) is 0 Å². The summed E-state index contributed by atoms with van der Waals surface area (Å²) in [6.45, 7) is 0. The van der Waals surface area contributed by atoms with Gasteiger partial charge in [0.1, 0.15) is 0 Å². The molecule has 0 aromatic heterocycles. The summed E-state index contributed by atoms with van der Waals surface area (Å²) in [7, 11) is 0. The Balaban J connectivity index is 2.11. The van der Waals surface area contributed by atoms with Crippen LogP contribution in [0.25, 0.3) is 0 Å². The molecule has 0 spiro atoms. The summed E-state index contributed by atoms with van der Waals surface area (Å²) in [4.78, 5) is 22.8. The molecule has 15 heavy (non-hydrogen) atoms. The molecular formula is C11H9BrO2S. The number of benzene rings is 1. The number of hydrogen-bond acceptors (Lipinski definition) is 3. The number of thioether (sulfide) groups is 1. The van der Waals surface area contributed by atoms with Crippen molar-refractivity contribution in [2.75, 3.05) is 5.75 Å². The molecule has 1 saturated heterocycles. The summed E-state index contributed by atoms with van der Waals surface area (Å²) in [6.07, 6.45) is 0.540. The van der Waals surface area contributed by atoms with Gasteiger partial charge in [-0.3, -0.25) is 9.59 Å². The zero-order valence-corrected chi connectivity index (χ0v) is 10.3. The summed E-state index contributed by atoms with van der Waals surface area (Å²) >= 11 is 4.48. The lowest BCUT2D eigenvalue weighted by molar-refractivity contribution is -0.125. The first-order chi connectivity index (χ1) is 7.16. The SMILES string of the molecule is O=C1CSC(=O)C1Cc1ccc(Br)cc1. The van der Waals surface area contributed by atoms with Gasteiger partial charge in [-0.05, 0) is 24.1 Å². The molecule has 0 bridgehead atoms. The molecule has 78 valence electrons. The number of carbonyl (C=O) groups excluding carboxylic acids is 2. The Kier molecular flexibility index (Phi) is 3.26. The number of ketones is 1. The van der Waals surface area contributed by atoms with Gasteiger partial charge in [0.15, 0.2) is 10.9 Å². The monoisotopic (exact) mass is 284 g/mol. The van der Waals surface area contributed by atoms with Gasteiger partial charge in [0.2, 0.25) is 0 Å². The van der Waals surface area contributed by atoms with Gasteiger partial charge in [-0.2, -0.15) is 0 Å². The van der Waals surface area contributed by atoms with Crippen molar-refractivity contribution in [1.82, 2.24) is 0 Å². The lowest BCUT2D eigenvalue weighted by Gasteiger charge is -2.05. The van der Waals surface area contributed by atoms with Crippen LogP contribution in [0.4, 0.5) is 0 Å². The molecule has 1 aromatic rings. The molecule has 2 nitrogen and oxygen atoms in total. The lowest BCUT2D eigenvalue weighted by Crippen LogP contribution is -2.17. The molecule has 1 aliphatic heterocycles. The van der Waals surface area contributed by atoms with E-state index in [0.717, 1.165) is 21.8 Å². The molecule has 0 saturated carbocycles. The van der Waals surface area contributed by atoms with E-state index in [-0.39, 0.29) is 10.9 Å². The third kappa shape index (κ3) is 2.49. The zero-order chi connectivity index (χ0) is 10.8. The van der Waals surface area contributed by atoms with E-state index < -0.39 is 5.92 Å². The summed E-state index contributed by atoms with van der Waals surface area (Å²) in [5.41, 5.74) is 1.03. The second kappa shape index (κ2) is 4.49. The molecule has 1 aromatic carbocycles. The minimum Gasteiger partial charge on any atom is -0.298 e. The fraction of sp³-hybridized carbons (Fsp3) is 0.273. The van der Waals surface area contributed by atoms with E-state index in [2.05, 4.69) is 15.9 Å². The Hall–Kier alpha value is -0.610. The second-order valence-electron chi connectivity index (χ2n) is 3.46.